The molecule has 1 aromatic rings. The molecule has 2 atom stereocenters. The number of hydrogen-bond donors (Lipinski definition) is 1. The van der Waals surface area contributed by atoms with Crippen molar-refractivity contribution >= 4 is 0 Å². The van der Waals surface area contributed by atoms with E-state index in [2.05, 4.69) is 16.5 Å². The number of nitriles is 1. The molecule has 1 aliphatic carbocycles. The van der Waals surface area contributed by atoms with E-state index in [1.807, 2.05) is 24.9 Å². The lowest BCUT2D eigenvalue weighted by molar-refractivity contribution is 0.464. The first-order chi connectivity index (χ1) is 7.70. The van der Waals surface area contributed by atoms with Crippen molar-refractivity contribution in [1.82, 2.24) is 15.1 Å². The van der Waals surface area contributed by atoms with E-state index in [0.717, 1.165) is 25.1 Å². The molecule has 86 valence electrons. The molecule has 1 saturated carbocycles. The second-order valence-electron chi connectivity index (χ2n) is 4.57. The first-order valence-electron chi connectivity index (χ1n) is 5.83. The van der Waals surface area contributed by atoms with E-state index in [4.69, 9.17) is 5.26 Å². The van der Waals surface area contributed by atoms with E-state index in [1.54, 1.807) is 0 Å². The van der Waals surface area contributed by atoms with Gasteiger partial charge >= 0.3 is 0 Å². The largest absolute Gasteiger partial charge is 0.308 e. The molecule has 0 aromatic carbocycles. The third kappa shape index (κ3) is 2.25. The molecule has 0 spiro atoms. The van der Waals surface area contributed by atoms with E-state index in [9.17, 15) is 0 Å². The molecule has 1 N–H and O–H groups in total. The SMILES string of the molecule is Cc1nn(C)cc1CNC1CCCC1C#N. The van der Waals surface area contributed by atoms with Crippen molar-refractivity contribution in [3.63, 3.8) is 0 Å². The number of nitrogens with one attached hydrogen (secondary N) is 1. The van der Waals surface area contributed by atoms with Gasteiger partial charge in [0.1, 0.15) is 0 Å². The van der Waals surface area contributed by atoms with E-state index in [0.29, 0.717) is 6.04 Å². The fourth-order valence-corrected chi connectivity index (χ4v) is 2.42. The molecule has 0 radical (unpaired) electrons. The Balaban J connectivity index is 1.92. The van der Waals surface area contributed by atoms with Gasteiger partial charge in [-0.05, 0) is 19.8 Å². The molecule has 4 nitrogen and oxygen atoms in total. The number of rotatable bonds is 3. The van der Waals surface area contributed by atoms with Crippen molar-refractivity contribution in [2.75, 3.05) is 0 Å². The second kappa shape index (κ2) is 4.67. The van der Waals surface area contributed by atoms with Crippen LogP contribution in [-0.4, -0.2) is 15.8 Å². The van der Waals surface area contributed by atoms with Gasteiger partial charge in [-0.15, -0.1) is 0 Å². The summed E-state index contributed by atoms with van der Waals surface area (Å²) in [5, 5.41) is 16.8. The van der Waals surface area contributed by atoms with Gasteiger partial charge in [0.2, 0.25) is 0 Å². The Morgan fingerprint density at radius 2 is 2.44 bits per heavy atom. The summed E-state index contributed by atoms with van der Waals surface area (Å²) in [6, 6.07) is 2.75. The van der Waals surface area contributed by atoms with Crippen molar-refractivity contribution in [2.45, 2.75) is 38.8 Å². The van der Waals surface area contributed by atoms with Crippen molar-refractivity contribution in [3.05, 3.63) is 17.5 Å². The van der Waals surface area contributed by atoms with Gasteiger partial charge in [0.25, 0.3) is 0 Å². The van der Waals surface area contributed by atoms with Crippen molar-refractivity contribution in [1.29, 1.82) is 5.26 Å². The van der Waals surface area contributed by atoms with Crippen molar-refractivity contribution < 1.29 is 0 Å². The Morgan fingerprint density at radius 1 is 1.62 bits per heavy atom. The van der Waals surface area contributed by atoms with Gasteiger partial charge in [0.05, 0.1) is 17.7 Å². The summed E-state index contributed by atoms with van der Waals surface area (Å²) in [4.78, 5) is 0. The Morgan fingerprint density at radius 3 is 3.06 bits per heavy atom. The minimum atomic E-state index is 0.192. The van der Waals surface area contributed by atoms with Crippen LogP contribution < -0.4 is 5.32 Å². The van der Waals surface area contributed by atoms with Crippen LogP contribution in [0.2, 0.25) is 0 Å². The van der Waals surface area contributed by atoms with Gasteiger partial charge < -0.3 is 5.32 Å². The number of aryl methyl sites for hydroxylation is 2. The summed E-state index contributed by atoms with van der Waals surface area (Å²) in [7, 11) is 1.93. The molecule has 2 rings (SSSR count). The third-order valence-electron chi connectivity index (χ3n) is 3.35. The Hall–Kier alpha value is -1.34. The summed E-state index contributed by atoms with van der Waals surface area (Å²) in [6.07, 6.45) is 5.37. The Kier molecular flexibility index (Phi) is 3.25. The van der Waals surface area contributed by atoms with Crippen LogP contribution in [-0.2, 0) is 13.6 Å². The first-order valence-corrected chi connectivity index (χ1v) is 5.83. The quantitative estimate of drug-likeness (QED) is 0.836. The summed E-state index contributed by atoms with van der Waals surface area (Å²) in [5.74, 6) is 0.192. The Bertz CT molecular complexity index is 402. The molecule has 0 saturated heterocycles. The van der Waals surface area contributed by atoms with Crippen molar-refractivity contribution in [2.24, 2.45) is 13.0 Å². The first kappa shape index (κ1) is 11.2. The van der Waals surface area contributed by atoms with Crippen LogP contribution in [0.1, 0.15) is 30.5 Å². The molecule has 0 bridgehead atoms. The van der Waals surface area contributed by atoms with Crippen LogP contribution in [0.25, 0.3) is 0 Å². The molecule has 2 unspecified atom stereocenters. The maximum Gasteiger partial charge on any atom is 0.0672 e. The predicted octanol–water partition coefficient (Wildman–Crippen LogP) is 1.51. The average Bonchev–Trinajstić information content (AvgIpc) is 2.81. The zero-order valence-electron chi connectivity index (χ0n) is 9.90. The summed E-state index contributed by atoms with van der Waals surface area (Å²) < 4.78 is 1.84. The number of aromatic nitrogens is 2. The van der Waals surface area contributed by atoms with Crippen LogP contribution in [0.4, 0.5) is 0 Å². The lowest BCUT2D eigenvalue weighted by Crippen LogP contribution is -2.31. The fourth-order valence-electron chi connectivity index (χ4n) is 2.42. The maximum atomic E-state index is 8.99. The number of nitrogens with zero attached hydrogens (tertiary/aromatic N) is 3. The highest BCUT2D eigenvalue weighted by molar-refractivity contribution is 5.15. The van der Waals surface area contributed by atoms with Crippen LogP contribution in [0, 0.1) is 24.2 Å². The standard InChI is InChI=1S/C12H18N4/c1-9-11(8-16(2)15-9)7-14-12-5-3-4-10(12)6-13/h8,10,12,14H,3-5,7H2,1-2H3. The summed E-state index contributed by atoms with van der Waals surface area (Å²) in [5.41, 5.74) is 2.30. The van der Waals surface area contributed by atoms with Gasteiger partial charge in [-0.2, -0.15) is 10.4 Å². The fraction of sp³-hybridized carbons (Fsp3) is 0.667. The lowest BCUT2D eigenvalue weighted by atomic mass is 10.1. The average molecular weight is 218 g/mol. The molecule has 1 aromatic heterocycles. The van der Waals surface area contributed by atoms with E-state index < -0.39 is 0 Å². The van der Waals surface area contributed by atoms with Gasteiger partial charge in [0.15, 0.2) is 0 Å². The van der Waals surface area contributed by atoms with Crippen LogP contribution in [0.5, 0.6) is 0 Å². The zero-order chi connectivity index (χ0) is 11.5. The molecule has 16 heavy (non-hydrogen) atoms. The summed E-state index contributed by atoms with van der Waals surface area (Å²) >= 11 is 0. The topological polar surface area (TPSA) is 53.6 Å². The van der Waals surface area contributed by atoms with E-state index in [1.165, 1.54) is 12.0 Å². The highest BCUT2D eigenvalue weighted by atomic mass is 15.2. The van der Waals surface area contributed by atoms with E-state index >= 15 is 0 Å². The lowest BCUT2D eigenvalue weighted by Gasteiger charge is -2.14. The van der Waals surface area contributed by atoms with Crippen LogP contribution in [0.3, 0.4) is 0 Å². The van der Waals surface area contributed by atoms with Gasteiger partial charge in [-0.25, -0.2) is 0 Å². The molecule has 0 aliphatic heterocycles. The maximum absolute atomic E-state index is 8.99. The van der Waals surface area contributed by atoms with Gasteiger partial charge in [0, 0.05) is 31.4 Å². The second-order valence-corrected chi connectivity index (χ2v) is 4.57. The monoisotopic (exact) mass is 218 g/mol. The van der Waals surface area contributed by atoms with Crippen LogP contribution >= 0.6 is 0 Å². The molecular weight excluding hydrogens is 200 g/mol. The molecule has 1 aliphatic rings. The Labute approximate surface area is 96.3 Å². The molecule has 1 heterocycles. The minimum Gasteiger partial charge on any atom is -0.308 e. The predicted molar refractivity (Wildman–Crippen MR) is 61.5 cm³/mol. The smallest absolute Gasteiger partial charge is 0.0672 e. The highest BCUT2D eigenvalue weighted by Crippen LogP contribution is 2.25. The normalized spacial score (nSPS) is 24.6. The minimum absolute atomic E-state index is 0.192. The molecule has 1 fully saturated rings. The van der Waals surface area contributed by atoms with Crippen molar-refractivity contribution in [3.8, 4) is 6.07 Å². The van der Waals surface area contributed by atoms with Crippen LogP contribution in [0.15, 0.2) is 6.20 Å². The van der Waals surface area contributed by atoms with Gasteiger partial charge in [-0.3, -0.25) is 4.68 Å². The number of hydrogen-bond acceptors (Lipinski definition) is 3. The third-order valence-corrected chi connectivity index (χ3v) is 3.35. The summed E-state index contributed by atoms with van der Waals surface area (Å²) in [6.45, 7) is 2.84. The molecule has 0 amide bonds. The molecule has 4 heteroatoms. The molecular formula is C12H18N4. The van der Waals surface area contributed by atoms with E-state index in [-0.39, 0.29) is 5.92 Å². The highest BCUT2D eigenvalue weighted by Gasteiger charge is 2.26. The zero-order valence-corrected chi connectivity index (χ0v) is 9.90. The van der Waals surface area contributed by atoms with Gasteiger partial charge in [-0.1, -0.05) is 6.42 Å².